The highest BCUT2D eigenvalue weighted by Gasteiger charge is 2.15. The number of rotatable bonds is 5. The largest absolute Gasteiger partial charge is 0.380 e. The highest BCUT2D eigenvalue weighted by atomic mass is 16.5. The van der Waals surface area contributed by atoms with Crippen molar-refractivity contribution in [1.29, 1.82) is 0 Å². The Kier molecular flexibility index (Phi) is 4.93. The molecule has 19 heavy (non-hydrogen) atoms. The molecule has 0 aliphatic carbocycles. The fraction of sp³-hybridized carbons (Fsp3) is 0.533. The van der Waals surface area contributed by atoms with Gasteiger partial charge in [0.15, 0.2) is 0 Å². The average molecular weight is 261 g/mol. The third-order valence-electron chi connectivity index (χ3n) is 3.44. The van der Waals surface area contributed by atoms with Crippen LogP contribution in [0.4, 0.5) is 5.69 Å². The molecule has 1 aliphatic heterocycles. The molecule has 2 rings (SSSR count). The van der Waals surface area contributed by atoms with Crippen LogP contribution in [0, 0.1) is 6.92 Å². The maximum Gasteiger partial charge on any atom is 0.0674 e. The maximum atomic E-state index is 5.20. The van der Waals surface area contributed by atoms with Crippen LogP contribution in [-0.2, 0) is 11.3 Å². The average Bonchev–Trinajstić information content (AvgIpc) is 2.42. The van der Waals surface area contributed by atoms with Gasteiger partial charge in [-0.1, -0.05) is 6.08 Å². The lowest BCUT2D eigenvalue weighted by atomic mass is 10.1. The van der Waals surface area contributed by atoms with Crippen LogP contribution in [0.15, 0.2) is 23.9 Å². The van der Waals surface area contributed by atoms with Gasteiger partial charge in [-0.15, -0.1) is 0 Å². The number of methoxy groups -OCH3 is 1. The van der Waals surface area contributed by atoms with Crippen molar-refractivity contribution in [2.45, 2.75) is 19.9 Å². The zero-order valence-electron chi connectivity index (χ0n) is 12.1. The Bertz CT molecular complexity index is 457. The van der Waals surface area contributed by atoms with E-state index in [2.05, 4.69) is 27.3 Å². The quantitative estimate of drug-likeness (QED) is 0.821. The molecule has 0 amide bonds. The number of nitrogens with zero attached hydrogens (tertiary/aromatic N) is 2. The molecule has 1 N–H and O–H groups in total. The molecule has 1 aliphatic rings. The number of ether oxygens (including phenoxy) is 1. The van der Waals surface area contributed by atoms with E-state index in [9.17, 15) is 0 Å². The minimum atomic E-state index is 0.757. The first-order chi connectivity index (χ1) is 9.24. The van der Waals surface area contributed by atoms with Crippen molar-refractivity contribution in [3.05, 3.63) is 35.2 Å². The summed E-state index contributed by atoms with van der Waals surface area (Å²) in [6.07, 6.45) is 5.34. The van der Waals surface area contributed by atoms with Gasteiger partial charge in [0.25, 0.3) is 0 Å². The summed E-state index contributed by atoms with van der Waals surface area (Å²) < 4.78 is 5.20. The fourth-order valence-corrected chi connectivity index (χ4v) is 2.44. The molecule has 104 valence electrons. The van der Waals surface area contributed by atoms with Crippen LogP contribution in [0.1, 0.15) is 17.7 Å². The fourth-order valence-electron chi connectivity index (χ4n) is 2.44. The summed E-state index contributed by atoms with van der Waals surface area (Å²) in [5.41, 5.74) is 5.03. The van der Waals surface area contributed by atoms with Crippen molar-refractivity contribution in [3.8, 4) is 0 Å². The van der Waals surface area contributed by atoms with Crippen molar-refractivity contribution < 1.29 is 4.74 Å². The van der Waals surface area contributed by atoms with E-state index in [0.29, 0.717) is 0 Å². The van der Waals surface area contributed by atoms with Crippen LogP contribution in [0.2, 0.25) is 0 Å². The highest BCUT2D eigenvalue weighted by molar-refractivity contribution is 5.55. The molecule has 0 radical (unpaired) electrons. The highest BCUT2D eigenvalue weighted by Crippen LogP contribution is 2.24. The smallest absolute Gasteiger partial charge is 0.0674 e. The van der Waals surface area contributed by atoms with Gasteiger partial charge in [0.2, 0.25) is 0 Å². The minimum Gasteiger partial charge on any atom is -0.380 e. The van der Waals surface area contributed by atoms with Gasteiger partial charge in [0.05, 0.1) is 6.61 Å². The Morgan fingerprint density at radius 1 is 1.47 bits per heavy atom. The molecule has 0 atom stereocenters. The summed E-state index contributed by atoms with van der Waals surface area (Å²) in [6, 6.07) is 2.18. The van der Waals surface area contributed by atoms with Crippen LogP contribution in [-0.4, -0.2) is 38.8 Å². The molecule has 0 spiro atoms. The topological polar surface area (TPSA) is 37.4 Å². The van der Waals surface area contributed by atoms with Crippen molar-refractivity contribution in [2.24, 2.45) is 0 Å². The monoisotopic (exact) mass is 261 g/mol. The lowest BCUT2D eigenvalue weighted by Crippen LogP contribution is -2.30. The number of pyridine rings is 1. The molecule has 0 saturated carbocycles. The Morgan fingerprint density at radius 2 is 2.32 bits per heavy atom. The predicted octanol–water partition coefficient (Wildman–Crippen LogP) is 1.89. The number of aryl methyl sites for hydroxylation is 1. The van der Waals surface area contributed by atoms with E-state index in [1.807, 2.05) is 20.2 Å². The van der Waals surface area contributed by atoms with Crippen LogP contribution < -0.4 is 10.2 Å². The van der Waals surface area contributed by atoms with Gasteiger partial charge in [0, 0.05) is 49.9 Å². The summed E-state index contributed by atoms with van der Waals surface area (Å²) in [6.45, 7) is 5.66. The van der Waals surface area contributed by atoms with Gasteiger partial charge in [-0.25, -0.2) is 0 Å². The van der Waals surface area contributed by atoms with Gasteiger partial charge < -0.3 is 15.0 Å². The second kappa shape index (κ2) is 6.68. The van der Waals surface area contributed by atoms with E-state index < -0.39 is 0 Å². The number of hydrogen-bond acceptors (Lipinski definition) is 4. The molecule has 4 heteroatoms. The SMILES string of the molecule is CNCc1cnc(C)cc1N1CC=C(COC)CC1. The molecule has 2 heterocycles. The lowest BCUT2D eigenvalue weighted by Gasteiger charge is -2.30. The molecule has 4 nitrogen and oxygen atoms in total. The summed E-state index contributed by atoms with van der Waals surface area (Å²) in [5.74, 6) is 0. The second-order valence-electron chi connectivity index (χ2n) is 4.98. The second-order valence-corrected chi connectivity index (χ2v) is 4.98. The van der Waals surface area contributed by atoms with Crippen molar-refractivity contribution in [2.75, 3.05) is 38.8 Å². The number of hydrogen-bond donors (Lipinski definition) is 1. The summed E-state index contributed by atoms with van der Waals surface area (Å²) in [4.78, 5) is 6.81. The Morgan fingerprint density at radius 3 is 2.95 bits per heavy atom. The number of nitrogens with one attached hydrogen (secondary N) is 1. The van der Waals surface area contributed by atoms with Crippen molar-refractivity contribution >= 4 is 5.69 Å². The molecule has 0 saturated heterocycles. The molecule has 0 aromatic carbocycles. The van der Waals surface area contributed by atoms with Crippen molar-refractivity contribution in [3.63, 3.8) is 0 Å². The molecule has 0 fully saturated rings. The third kappa shape index (κ3) is 3.55. The zero-order chi connectivity index (χ0) is 13.7. The first kappa shape index (κ1) is 14.0. The summed E-state index contributed by atoms with van der Waals surface area (Å²) in [7, 11) is 3.72. The molecule has 0 bridgehead atoms. The number of anilines is 1. The molecular formula is C15H23N3O. The first-order valence-electron chi connectivity index (χ1n) is 6.76. The summed E-state index contributed by atoms with van der Waals surface area (Å²) in [5, 5.41) is 3.21. The predicted molar refractivity (Wildman–Crippen MR) is 78.5 cm³/mol. The van der Waals surface area contributed by atoms with Crippen LogP contribution >= 0.6 is 0 Å². The van der Waals surface area contributed by atoms with Gasteiger partial charge >= 0.3 is 0 Å². The normalized spacial score (nSPS) is 15.5. The minimum absolute atomic E-state index is 0.757. The maximum absolute atomic E-state index is 5.20. The molecule has 0 unspecified atom stereocenters. The van der Waals surface area contributed by atoms with Gasteiger partial charge in [-0.3, -0.25) is 4.98 Å². The standard InChI is InChI=1S/C15H23N3O/c1-12-8-15(14(9-16-2)10-17-12)18-6-4-13(5-7-18)11-19-3/h4,8,10,16H,5-7,9,11H2,1-3H3. The van der Waals surface area contributed by atoms with Gasteiger partial charge in [0.1, 0.15) is 0 Å². The first-order valence-corrected chi connectivity index (χ1v) is 6.76. The van der Waals surface area contributed by atoms with E-state index in [-0.39, 0.29) is 0 Å². The van der Waals surface area contributed by atoms with Gasteiger partial charge in [-0.05, 0) is 32.0 Å². The Balaban J connectivity index is 2.16. The van der Waals surface area contributed by atoms with Crippen LogP contribution in [0.5, 0.6) is 0 Å². The van der Waals surface area contributed by atoms with Crippen LogP contribution in [0.25, 0.3) is 0 Å². The zero-order valence-corrected chi connectivity index (χ0v) is 12.1. The van der Waals surface area contributed by atoms with E-state index in [4.69, 9.17) is 4.74 Å². The Hall–Kier alpha value is -1.39. The van der Waals surface area contributed by atoms with E-state index in [0.717, 1.165) is 38.4 Å². The molecule has 1 aromatic rings. The van der Waals surface area contributed by atoms with E-state index in [1.54, 1.807) is 7.11 Å². The lowest BCUT2D eigenvalue weighted by molar-refractivity contribution is 0.222. The van der Waals surface area contributed by atoms with E-state index in [1.165, 1.54) is 16.8 Å². The molecule has 1 aromatic heterocycles. The Labute approximate surface area is 115 Å². The van der Waals surface area contributed by atoms with Crippen LogP contribution in [0.3, 0.4) is 0 Å². The summed E-state index contributed by atoms with van der Waals surface area (Å²) >= 11 is 0. The third-order valence-corrected chi connectivity index (χ3v) is 3.44. The van der Waals surface area contributed by atoms with Crippen molar-refractivity contribution in [1.82, 2.24) is 10.3 Å². The van der Waals surface area contributed by atoms with Gasteiger partial charge in [-0.2, -0.15) is 0 Å². The number of aromatic nitrogens is 1. The molecular weight excluding hydrogens is 238 g/mol. The van der Waals surface area contributed by atoms with E-state index >= 15 is 0 Å².